The maximum atomic E-state index is 8.53. The van der Waals surface area contributed by atoms with Gasteiger partial charge in [0, 0.05) is 5.92 Å². The van der Waals surface area contributed by atoms with Crippen molar-refractivity contribution in [1.29, 1.82) is 0 Å². The molecule has 0 saturated heterocycles. The lowest BCUT2D eigenvalue weighted by Gasteiger charge is -2.06. The van der Waals surface area contributed by atoms with Crippen molar-refractivity contribution in [2.45, 2.75) is 13.0 Å². The minimum absolute atomic E-state index is 0.0567. The van der Waals surface area contributed by atoms with Gasteiger partial charge in [0.05, 0.1) is 12.8 Å². The first-order valence-electron chi connectivity index (χ1n) is 2.64. The molecule has 0 fully saturated rings. The van der Waals surface area contributed by atoms with Crippen LogP contribution < -0.4 is 0 Å². The highest BCUT2D eigenvalue weighted by molar-refractivity contribution is 5.61. The second-order valence-electron chi connectivity index (χ2n) is 1.94. The van der Waals surface area contributed by atoms with E-state index in [0.29, 0.717) is 0 Å². The van der Waals surface area contributed by atoms with E-state index in [4.69, 9.17) is 9.94 Å². The summed E-state index contributed by atoms with van der Waals surface area (Å²) in [5.74, 6) is 0.264. The molecule has 0 aromatic carbocycles. The van der Waals surface area contributed by atoms with E-state index in [-0.39, 0.29) is 18.6 Å². The number of nitrogens with zero attached hydrogens (tertiary/aromatic N) is 1. The van der Waals surface area contributed by atoms with Crippen LogP contribution in [0.2, 0.25) is 0 Å². The highest BCUT2D eigenvalue weighted by atomic mass is 16.6. The van der Waals surface area contributed by atoms with E-state index in [9.17, 15) is 0 Å². The Labute approximate surface area is 48.0 Å². The maximum Gasteiger partial charge on any atom is 0.158 e. The Kier molecular flexibility index (Phi) is 1.48. The Morgan fingerprint density at radius 3 is 2.88 bits per heavy atom. The number of oxime groups is 1. The van der Waals surface area contributed by atoms with Gasteiger partial charge >= 0.3 is 0 Å². The van der Waals surface area contributed by atoms with Crippen LogP contribution >= 0.6 is 0 Å². The van der Waals surface area contributed by atoms with E-state index in [2.05, 4.69) is 5.16 Å². The molecule has 1 aliphatic rings. The van der Waals surface area contributed by atoms with Gasteiger partial charge in [0.25, 0.3) is 0 Å². The number of aliphatic hydroxyl groups is 1. The van der Waals surface area contributed by atoms with E-state index >= 15 is 0 Å². The van der Waals surface area contributed by atoms with Gasteiger partial charge in [0.1, 0.15) is 0 Å². The van der Waals surface area contributed by atoms with Gasteiger partial charge in [-0.15, -0.1) is 0 Å². The summed E-state index contributed by atoms with van der Waals surface area (Å²) in [6.45, 7) is 2.01. The minimum atomic E-state index is -0.102. The molecule has 0 aliphatic carbocycles. The summed E-state index contributed by atoms with van der Waals surface area (Å²) < 4.78 is 0. The molecule has 1 heterocycles. The fraction of sp³-hybridized carbons (Fsp3) is 0.800. The lowest BCUT2D eigenvalue weighted by molar-refractivity contribution is 0.0211. The maximum absolute atomic E-state index is 8.53. The Hall–Kier alpha value is -0.570. The standard InChI is InChI=1S/C5H9NO2/c1-4-2-6-8-5(4)3-7/h2,4-5,7H,3H2,1H3/t4?,5-/m0/s1. The Bertz CT molecular complexity index is 103. The van der Waals surface area contributed by atoms with E-state index < -0.39 is 0 Å². The molecule has 0 spiro atoms. The molecule has 0 saturated carbocycles. The van der Waals surface area contributed by atoms with E-state index in [1.165, 1.54) is 0 Å². The Morgan fingerprint density at radius 2 is 2.62 bits per heavy atom. The molecule has 1 N–H and O–H groups in total. The number of aliphatic hydroxyl groups excluding tert-OH is 1. The smallest absolute Gasteiger partial charge is 0.158 e. The third-order valence-electron chi connectivity index (χ3n) is 1.26. The monoisotopic (exact) mass is 115 g/mol. The van der Waals surface area contributed by atoms with Gasteiger partial charge in [0.15, 0.2) is 6.10 Å². The van der Waals surface area contributed by atoms with Crippen molar-refractivity contribution in [3.63, 3.8) is 0 Å². The van der Waals surface area contributed by atoms with Crippen LogP contribution in [0.5, 0.6) is 0 Å². The van der Waals surface area contributed by atoms with Crippen molar-refractivity contribution >= 4 is 6.21 Å². The average Bonchev–Trinajstić information content (AvgIpc) is 2.14. The molecule has 0 aromatic rings. The summed E-state index contributed by atoms with van der Waals surface area (Å²) in [6, 6.07) is 0. The second-order valence-corrected chi connectivity index (χ2v) is 1.94. The first-order valence-corrected chi connectivity index (χ1v) is 2.64. The molecule has 46 valence electrons. The van der Waals surface area contributed by atoms with Crippen molar-refractivity contribution in [2.75, 3.05) is 6.61 Å². The largest absolute Gasteiger partial charge is 0.392 e. The summed E-state index contributed by atoms with van der Waals surface area (Å²) in [5.41, 5.74) is 0. The zero-order chi connectivity index (χ0) is 5.98. The summed E-state index contributed by atoms with van der Waals surface area (Å²) in [6.07, 6.45) is 1.59. The molecule has 1 rings (SSSR count). The SMILES string of the molecule is CC1C=NO[C@H]1CO. The molecular formula is C5H9NO2. The molecular weight excluding hydrogens is 106 g/mol. The quantitative estimate of drug-likeness (QED) is 0.522. The molecule has 8 heavy (non-hydrogen) atoms. The summed E-state index contributed by atoms with van der Waals surface area (Å²) in [5, 5.41) is 12.1. The van der Waals surface area contributed by atoms with Gasteiger partial charge in [-0.2, -0.15) is 0 Å². The van der Waals surface area contributed by atoms with Crippen LogP contribution in [-0.4, -0.2) is 24.0 Å². The van der Waals surface area contributed by atoms with Gasteiger partial charge in [-0.05, 0) is 0 Å². The lowest BCUT2D eigenvalue weighted by Crippen LogP contribution is -2.19. The normalized spacial score (nSPS) is 35.2. The first kappa shape index (κ1) is 5.56. The van der Waals surface area contributed by atoms with Crippen molar-refractivity contribution in [1.82, 2.24) is 0 Å². The number of rotatable bonds is 1. The highest BCUT2D eigenvalue weighted by Gasteiger charge is 2.20. The molecule has 0 bridgehead atoms. The van der Waals surface area contributed by atoms with Gasteiger partial charge in [0.2, 0.25) is 0 Å². The van der Waals surface area contributed by atoms with Crippen LogP contribution in [0.25, 0.3) is 0 Å². The molecule has 3 heteroatoms. The zero-order valence-electron chi connectivity index (χ0n) is 4.74. The van der Waals surface area contributed by atoms with Crippen molar-refractivity contribution < 1.29 is 9.94 Å². The molecule has 0 radical (unpaired) electrons. The van der Waals surface area contributed by atoms with E-state index in [1.54, 1.807) is 6.21 Å². The molecule has 2 atom stereocenters. The summed E-state index contributed by atoms with van der Waals surface area (Å²) in [7, 11) is 0. The summed E-state index contributed by atoms with van der Waals surface area (Å²) >= 11 is 0. The van der Waals surface area contributed by atoms with E-state index in [0.717, 1.165) is 0 Å². The predicted octanol–water partition coefficient (Wildman–Crippen LogP) is -0.000600. The number of hydrogen-bond acceptors (Lipinski definition) is 3. The topological polar surface area (TPSA) is 41.8 Å². The molecule has 1 aliphatic heterocycles. The van der Waals surface area contributed by atoms with Crippen LogP contribution in [0.15, 0.2) is 5.16 Å². The van der Waals surface area contributed by atoms with Gasteiger partial charge in [-0.3, -0.25) is 0 Å². The molecule has 0 aromatic heterocycles. The minimum Gasteiger partial charge on any atom is -0.392 e. The Balaban J connectivity index is 2.38. The van der Waals surface area contributed by atoms with Crippen LogP contribution in [0.4, 0.5) is 0 Å². The molecule has 0 amide bonds. The van der Waals surface area contributed by atoms with Crippen molar-refractivity contribution in [3.8, 4) is 0 Å². The lowest BCUT2D eigenvalue weighted by atomic mass is 10.1. The fourth-order valence-corrected chi connectivity index (χ4v) is 0.601. The van der Waals surface area contributed by atoms with Gasteiger partial charge in [-0.25, -0.2) is 0 Å². The average molecular weight is 115 g/mol. The van der Waals surface area contributed by atoms with Crippen molar-refractivity contribution in [3.05, 3.63) is 0 Å². The van der Waals surface area contributed by atoms with Crippen LogP contribution in [-0.2, 0) is 4.84 Å². The third kappa shape index (κ3) is 0.816. The molecule has 3 nitrogen and oxygen atoms in total. The predicted molar refractivity (Wildman–Crippen MR) is 29.6 cm³/mol. The second kappa shape index (κ2) is 2.13. The van der Waals surface area contributed by atoms with Gasteiger partial charge in [-0.1, -0.05) is 12.1 Å². The number of hydrogen-bond donors (Lipinski definition) is 1. The van der Waals surface area contributed by atoms with Gasteiger partial charge < -0.3 is 9.94 Å². The molecule has 1 unspecified atom stereocenters. The fourth-order valence-electron chi connectivity index (χ4n) is 0.601. The summed E-state index contributed by atoms with van der Waals surface area (Å²) in [4.78, 5) is 4.73. The van der Waals surface area contributed by atoms with Crippen molar-refractivity contribution in [2.24, 2.45) is 11.1 Å². The van der Waals surface area contributed by atoms with Crippen LogP contribution in [0.3, 0.4) is 0 Å². The first-order chi connectivity index (χ1) is 3.84. The third-order valence-corrected chi connectivity index (χ3v) is 1.26. The van der Waals surface area contributed by atoms with E-state index in [1.807, 2.05) is 6.92 Å². The van der Waals surface area contributed by atoms with Crippen LogP contribution in [0.1, 0.15) is 6.92 Å². The highest BCUT2D eigenvalue weighted by Crippen LogP contribution is 2.10. The Morgan fingerprint density at radius 1 is 1.88 bits per heavy atom. The zero-order valence-corrected chi connectivity index (χ0v) is 4.74. The van der Waals surface area contributed by atoms with Crippen LogP contribution in [0, 0.1) is 5.92 Å².